The van der Waals surface area contributed by atoms with Crippen LogP contribution in [0.4, 0.5) is 0 Å². The maximum Gasteiger partial charge on any atom is 0.321 e. The Hall–Kier alpha value is -2.63. The molecule has 0 aliphatic carbocycles. The number of hydrogen-bond acceptors (Lipinski definition) is 4. The van der Waals surface area contributed by atoms with Crippen LogP contribution in [0, 0.1) is 23.7 Å². The summed E-state index contributed by atoms with van der Waals surface area (Å²) < 4.78 is 5.32. The number of hydrogen-bond donors (Lipinski definition) is 1. The van der Waals surface area contributed by atoms with Gasteiger partial charge in [-0.1, -0.05) is 89.9 Å². The Morgan fingerprint density at radius 3 is 2.03 bits per heavy atom. The number of ether oxygens (including phenoxy) is 1. The lowest BCUT2D eigenvalue weighted by molar-refractivity contribution is -0.165. The Morgan fingerprint density at radius 2 is 1.56 bits per heavy atom. The highest BCUT2D eigenvalue weighted by Crippen LogP contribution is 2.23. The number of allylic oxidation sites excluding steroid dienone is 1. The summed E-state index contributed by atoms with van der Waals surface area (Å²) in [6, 6.07) is 9.07. The van der Waals surface area contributed by atoms with Gasteiger partial charge in [0.1, 0.15) is 6.61 Å². The number of carbonyl (C=O) groups is 3. The summed E-state index contributed by atoms with van der Waals surface area (Å²) in [4.78, 5) is 40.3. The molecule has 0 aliphatic rings. The van der Waals surface area contributed by atoms with E-state index in [0.29, 0.717) is 19.5 Å². The normalized spacial score (nSPS) is 15.0. The Morgan fingerprint density at radius 1 is 1.00 bits per heavy atom. The molecule has 6 nitrogen and oxygen atoms in total. The van der Waals surface area contributed by atoms with Crippen LogP contribution in [0.5, 0.6) is 0 Å². The lowest BCUT2D eigenvalue weighted by Gasteiger charge is -2.32. The van der Waals surface area contributed by atoms with Crippen molar-refractivity contribution in [1.82, 2.24) is 4.90 Å². The minimum Gasteiger partial charge on any atom is -0.481 e. The zero-order valence-corrected chi connectivity index (χ0v) is 20.1. The highest BCUT2D eigenvalue weighted by molar-refractivity contribution is 6.00. The second-order valence-corrected chi connectivity index (χ2v) is 8.54. The number of aliphatic carboxylic acids is 1. The third kappa shape index (κ3) is 8.85. The maximum atomic E-state index is 13.6. The molecular formula is C26H39NO5. The summed E-state index contributed by atoms with van der Waals surface area (Å²) in [5.74, 6) is -4.74. The predicted molar refractivity (Wildman–Crippen MR) is 126 cm³/mol. The molecule has 0 heterocycles. The fourth-order valence-electron chi connectivity index (χ4n) is 3.31. The number of amides is 1. The molecule has 1 amide bonds. The number of carboxylic acids is 1. The van der Waals surface area contributed by atoms with Gasteiger partial charge >= 0.3 is 11.9 Å². The largest absolute Gasteiger partial charge is 0.481 e. The van der Waals surface area contributed by atoms with E-state index in [1.807, 2.05) is 25.1 Å². The average molecular weight is 446 g/mol. The third-order valence-electron chi connectivity index (χ3n) is 5.74. The number of esters is 1. The van der Waals surface area contributed by atoms with Crippen molar-refractivity contribution in [2.24, 2.45) is 23.7 Å². The number of benzene rings is 1. The molecule has 0 aromatic heterocycles. The predicted octanol–water partition coefficient (Wildman–Crippen LogP) is 4.93. The fourth-order valence-corrected chi connectivity index (χ4v) is 3.31. The van der Waals surface area contributed by atoms with Crippen molar-refractivity contribution in [2.45, 2.75) is 60.5 Å². The summed E-state index contributed by atoms with van der Waals surface area (Å²) in [5, 5.41) is 9.89. The van der Waals surface area contributed by atoms with Gasteiger partial charge in [0.25, 0.3) is 0 Å². The Bertz CT molecular complexity index is 734. The van der Waals surface area contributed by atoms with Gasteiger partial charge < -0.3 is 14.7 Å². The molecule has 0 radical (unpaired) electrons. The molecule has 178 valence electrons. The first-order chi connectivity index (χ1) is 15.2. The van der Waals surface area contributed by atoms with Crippen molar-refractivity contribution >= 4 is 17.8 Å². The Kier molecular flexibility index (Phi) is 12.4. The molecule has 4 unspecified atom stereocenters. The first-order valence-corrected chi connectivity index (χ1v) is 11.6. The number of nitrogens with zero attached hydrogens (tertiary/aromatic N) is 1. The van der Waals surface area contributed by atoms with Gasteiger partial charge in [-0.15, -0.1) is 0 Å². The lowest BCUT2D eigenvalue weighted by atomic mass is 9.89. The molecule has 0 saturated heterocycles. The van der Waals surface area contributed by atoms with Gasteiger partial charge in [0.2, 0.25) is 5.91 Å². The number of rotatable bonds is 14. The molecule has 0 saturated carbocycles. The standard InChI is InChI=1S/C26H39NO5/c1-6-9-15-22(24(28)27(16-19(4)7-2)17-20(5)8-3)23(25(29)30)26(31)32-18-21-13-11-10-12-14-21/h9-15,19-20,22-23H,6-8,16-18H2,1-5H3,(H,29,30)/b15-9-. The SMILES string of the molecule is CC/C=C\C(C(=O)N(CC(C)CC)CC(C)CC)C(C(=O)O)C(=O)OCc1ccccc1. The van der Waals surface area contributed by atoms with E-state index >= 15 is 0 Å². The van der Waals surface area contributed by atoms with Crippen molar-refractivity contribution < 1.29 is 24.2 Å². The molecule has 1 N–H and O–H groups in total. The van der Waals surface area contributed by atoms with Crippen molar-refractivity contribution in [3.63, 3.8) is 0 Å². The first-order valence-electron chi connectivity index (χ1n) is 11.6. The van der Waals surface area contributed by atoms with E-state index in [4.69, 9.17) is 4.74 Å². The summed E-state index contributed by atoms with van der Waals surface area (Å²) in [7, 11) is 0. The van der Waals surface area contributed by atoms with Gasteiger partial charge in [0.15, 0.2) is 5.92 Å². The van der Waals surface area contributed by atoms with E-state index in [2.05, 4.69) is 27.7 Å². The van der Waals surface area contributed by atoms with Gasteiger partial charge in [-0.2, -0.15) is 0 Å². The van der Waals surface area contributed by atoms with E-state index in [-0.39, 0.29) is 24.3 Å². The van der Waals surface area contributed by atoms with Gasteiger partial charge in [-0.05, 0) is 23.8 Å². The molecule has 1 aromatic rings. The molecule has 0 spiro atoms. The monoisotopic (exact) mass is 445 g/mol. The second-order valence-electron chi connectivity index (χ2n) is 8.54. The number of carboxylic acid groups (broad SMARTS) is 1. The molecule has 0 aliphatic heterocycles. The smallest absolute Gasteiger partial charge is 0.321 e. The highest BCUT2D eigenvalue weighted by Gasteiger charge is 2.41. The van der Waals surface area contributed by atoms with Crippen LogP contribution in [-0.2, 0) is 25.7 Å². The molecule has 32 heavy (non-hydrogen) atoms. The Balaban J connectivity index is 3.18. The zero-order valence-electron chi connectivity index (χ0n) is 20.1. The van der Waals surface area contributed by atoms with Crippen molar-refractivity contribution in [2.75, 3.05) is 13.1 Å². The van der Waals surface area contributed by atoms with Crippen LogP contribution in [0.25, 0.3) is 0 Å². The molecular weight excluding hydrogens is 406 g/mol. The Labute approximate surface area is 192 Å². The minimum absolute atomic E-state index is 0.0364. The summed E-state index contributed by atoms with van der Waals surface area (Å²) >= 11 is 0. The van der Waals surface area contributed by atoms with Gasteiger partial charge in [0, 0.05) is 13.1 Å². The van der Waals surface area contributed by atoms with E-state index in [1.165, 1.54) is 0 Å². The van der Waals surface area contributed by atoms with E-state index in [0.717, 1.165) is 18.4 Å². The van der Waals surface area contributed by atoms with Gasteiger partial charge in [0.05, 0.1) is 5.92 Å². The van der Waals surface area contributed by atoms with Crippen LogP contribution < -0.4 is 0 Å². The van der Waals surface area contributed by atoms with Crippen LogP contribution in [-0.4, -0.2) is 40.9 Å². The summed E-state index contributed by atoms with van der Waals surface area (Å²) in [6.07, 6.45) is 5.74. The van der Waals surface area contributed by atoms with Crippen molar-refractivity contribution in [3.8, 4) is 0 Å². The van der Waals surface area contributed by atoms with Gasteiger partial charge in [-0.3, -0.25) is 14.4 Å². The molecule has 6 heteroatoms. The maximum absolute atomic E-state index is 13.6. The third-order valence-corrected chi connectivity index (χ3v) is 5.74. The molecule has 4 atom stereocenters. The summed E-state index contributed by atoms with van der Waals surface area (Å²) in [5.41, 5.74) is 0.757. The molecule has 0 fully saturated rings. The number of carbonyl (C=O) groups excluding carboxylic acids is 2. The summed E-state index contributed by atoms with van der Waals surface area (Å²) in [6.45, 7) is 11.2. The van der Waals surface area contributed by atoms with Crippen LogP contribution >= 0.6 is 0 Å². The van der Waals surface area contributed by atoms with Crippen molar-refractivity contribution in [3.05, 3.63) is 48.0 Å². The van der Waals surface area contributed by atoms with E-state index in [9.17, 15) is 19.5 Å². The molecule has 1 aromatic carbocycles. The lowest BCUT2D eigenvalue weighted by Crippen LogP contribution is -2.46. The van der Waals surface area contributed by atoms with Crippen LogP contribution in [0.1, 0.15) is 59.4 Å². The van der Waals surface area contributed by atoms with E-state index in [1.54, 1.807) is 29.2 Å². The quantitative estimate of drug-likeness (QED) is 0.249. The van der Waals surface area contributed by atoms with Crippen LogP contribution in [0.3, 0.4) is 0 Å². The van der Waals surface area contributed by atoms with Crippen LogP contribution in [0.2, 0.25) is 0 Å². The molecule has 1 rings (SSSR count). The highest BCUT2D eigenvalue weighted by atomic mass is 16.5. The average Bonchev–Trinajstić information content (AvgIpc) is 2.79. The van der Waals surface area contributed by atoms with Crippen LogP contribution in [0.15, 0.2) is 42.5 Å². The second kappa shape index (κ2) is 14.4. The van der Waals surface area contributed by atoms with Crippen molar-refractivity contribution in [1.29, 1.82) is 0 Å². The fraction of sp³-hybridized carbons (Fsp3) is 0.577. The first kappa shape index (κ1) is 27.4. The zero-order chi connectivity index (χ0) is 24.1. The van der Waals surface area contributed by atoms with E-state index < -0.39 is 23.8 Å². The minimum atomic E-state index is -1.59. The van der Waals surface area contributed by atoms with Gasteiger partial charge in [-0.25, -0.2) is 0 Å². The topological polar surface area (TPSA) is 83.9 Å². The molecule has 0 bridgehead atoms.